The van der Waals surface area contributed by atoms with Crippen molar-refractivity contribution in [1.29, 1.82) is 0 Å². The molecule has 0 amide bonds. The molecule has 21 heavy (non-hydrogen) atoms. The zero-order valence-corrected chi connectivity index (χ0v) is 14.4. The van der Waals surface area contributed by atoms with E-state index < -0.39 is 0 Å². The number of halogens is 1. The fraction of sp³-hybridized carbons (Fsp3) is 0.333. The Hall–Kier alpha value is -1.48. The topological polar surface area (TPSA) is 12.5 Å². The van der Waals surface area contributed by atoms with Crippen LogP contribution in [0.5, 0.6) is 5.75 Å². The number of ether oxygens (including phenoxy) is 1. The summed E-state index contributed by atoms with van der Waals surface area (Å²) in [6, 6.07) is 16.8. The minimum Gasteiger partial charge on any atom is -0.497 e. The molecule has 3 heteroatoms. The third-order valence-electron chi connectivity index (χ3n) is 3.31. The normalized spacial score (nSPS) is 10.7. The summed E-state index contributed by atoms with van der Waals surface area (Å²) in [6.07, 6.45) is 0. The predicted octanol–water partition coefficient (Wildman–Crippen LogP) is 5.12. The standard InChI is InChI=1S/C18H22BrNO/c1-14(2)12-20(13-15-4-6-16(19)7-5-15)17-8-10-18(21-3)11-9-17/h4-11,14H,12-13H2,1-3H3. The van der Waals surface area contributed by atoms with Crippen molar-refractivity contribution >= 4 is 21.6 Å². The molecule has 112 valence electrons. The second-order valence-corrected chi connectivity index (χ2v) is 6.51. The van der Waals surface area contributed by atoms with Crippen LogP contribution in [0, 0.1) is 5.92 Å². The highest BCUT2D eigenvalue weighted by Crippen LogP contribution is 2.22. The molecule has 0 unspecified atom stereocenters. The molecule has 0 aromatic heterocycles. The van der Waals surface area contributed by atoms with E-state index in [-0.39, 0.29) is 0 Å². The first-order valence-electron chi connectivity index (χ1n) is 7.22. The summed E-state index contributed by atoms with van der Waals surface area (Å²) >= 11 is 3.49. The summed E-state index contributed by atoms with van der Waals surface area (Å²) in [5.74, 6) is 1.51. The Labute approximate surface area is 135 Å². The van der Waals surface area contributed by atoms with Crippen LogP contribution >= 0.6 is 15.9 Å². The van der Waals surface area contributed by atoms with Gasteiger partial charge in [-0.25, -0.2) is 0 Å². The quantitative estimate of drug-likeness (QED) is 0.718. The van der Waals surface area contributed by atoms with Crippen LogP contribution in [-0.2, 0) is 6.54 Å². The van der Waals surface area contributed by atoms with Crippen molar-refractivity contribution < 1.29 is 4.74 Å². The van der Waals surface area contributed by atoms with Gasteiger partial charge < -0.3 is 9.64 Å². The Morgan fingerprint density at radius 2 is 1.62 bits per heavy atom. The van der Waals surface area contributed by atoms with Crippen molar-refractivity contribution in [2.75, 3.05) is 18.6 Å². The van der Waals surface area contributed by atoms with E-state index in [4.69, 9.17) is 4.74 Å². The van der Waals surface area contributed by atoms with Gasteiger partial charge in [0.05, 0.1) is 7.11 Å². The molecule has 0 aliphatic carbocycles. The van der Waals surface area contributed by atoms with Crippen LogP contribution in [0.4, 0.5) is 5.69 Å². The van der Waals surface area contributed by atoms with E-state index in [1.807, 2.05) is 12.1 Å². The number of nitrogens with zero attached hydrogens (tertiary/aromatic N) is 1. The number of rotatable bonds is 6. The van der Waals surface area contributed by atoms with E-state index in [2.05, 4.69) is 71.1 Å². The summed E-state index contributed by atoms with van der Waals surface area (Å²) in [7, 11) is 1.70. The zero-order chi connectivity index (χ0) is 15.2. The van der Waals surface area contributed by atoms with Gasteiger partial charge in [0, 0.05) is 23.2 Å². The molecule has 2 aromatic carbocycles. The van der Waals surface area contributed by atoms with E-state index in [9.17, 15) is 0 Å². The molecule has 0 radical (unpaired) electrons. The Kier molecular flexibility index (Phi) is 5.68. The molecular weight excluding hydrogens is 326 g/mol. The molecule has 0 spiro atoms. The highest BCUT2D eigenvalue weighted by molar-refractivity contribution is 9.10. The second kappa shape index (κ2) is 7.51. The fourth-order valence-electron chi connectivity index (χ4n) is 2.31. The van der Waals surface area contributed by atoms with E-state index >= 15 is 0 Å². The molecule has 0 aliphatic heterocycles. The van der Waals surface area contributed by atoms with Crippen molar-refractivity contribution in [2.45, 2.75) is 20.4 Å². The Morgan fingerprint density at radius 3 is 2.14 bits per heavy atom. The molecule has 0 heterocycles. The first-order chi connectivity index (χ1) is 10.1. The van der Waals surface area contributed by atoms with E-state index in [1.165, 1.54) is 11.3 Å². The number of benzene rings is 2. The first-order valence-corrected chi connectivity index (χ1v) is 8.01. The second-order valence-electron chi connectivity index (χ2n) is 5.60. The van der Waals surface area contributed by atoms with Gasteiger partial charge in [-0.1, -0.05) is 41.9 Å². The van der Waals surface area contributed by atoms with Crippen molar-refractivity contribution in [2.24, 2.45) is 5.92 Å². The van der Waals surface area contributed by atoms with Gasteiger partial charge in [0.25, 0.3) is 0 Å². The highest BCUT2D eigenvalue weighted by Gasteiger charge is 2.10. The van der Waals surface area contributed by atoms with E-state index in [1.54, 1.807) is 7.11 Å². The molecule has 0 fully saturated rings. The SMILES string of the molecule is COc1ccc(N(Cc2ccc(Br)cc2)CC(C)C)cc1. The number of anilines is 1. The van der Waals surface area contributed by atoms with Gasteiger partial charge in [0.1, 0.15) is 5.75 Å². The Morgan fingerprint density at radius 1 is 1.00 bits per heavy atom. The zero-order valence-electron chi connectivity index (χ0n) is 12.8. The molecule has 2 aromatic rings. The van der Waals surface area contributed by atoms with Crippen molar-refractivity contribution in [1.82, 2.24) is 0 Å². The maximum Gasteiger partial charge on any atom is 0.119 e. The Balaban J connectivity index is 2.18. The lowest BCUT2D eigenvalue weighted by Gasteiger charge is -2.27. The molecular formula is C18H22BrNO. The summed E-state index contributed by atoms with van der Waals surface area (Å²) < 4.78 is 6.35. The van der Waals surface area contributed by atoms with Crippen LogP contribution in [-0.4, -0.2) is 13.7 Å². The van der Waals surface area contributed by atoms with Gasteiger partial charge in [-0.15, -0.1) is 0 Å². The summed E-state index contributed by atoms with van der Waals surface area (Å²) in [6.45, 7) is 6.44. The average Bonchev–Trinajstić information content (AvgIpc) is 2.48. The third kappa shape index (κ3) is 4.78. The molecule has 0 N–H and O–H groups in total. The van der Waals surface area contributed by atoms with E-state index in [0.29, 0.717) is 5.92 Å². The van der Waals surface area contributed by atoms with Gasteiger partial charge in [0.15, 0.2) is 0 Å². The first kappa shape index (κ1) is 15.9. The maximum atomic E-state index is 5.24. The van der Waals surface area contributed by atoms with E-state index in [0.717, 1.165) is 23.3 Å². The van der Waals surface area contributed by atoms with Crippen molar-refractivity contribution in [3.8, 4) is 5.75 Å². The number of methoxy groups -OCH3 is 1. The molecule has 2 rings (SSSR count). The highest BCUT2D eigenvalue weighted by atomic mass is 79.9. The summed E-state index contributed by atoms with van der Waals surface area (Å²) in [5, 5.41) is 0. The van der Waals surface area contributed by atoms with Crippen LogP contribution in [0.15, 0.2) is 53.0 Å². The molecule has 0 bridgehead atoms. The van der Waals surface area contributed by atoms with Gasteiger partial charge in [0.2, 0.25) is 0 Å². The largest absolute Gasteiger partial charge is 0.497 e. The van der Waals surface area contributed by atoms with Crippen LogP contribution in [0.1, 0.15) is 19.4 Å². The van der Waals surface area contributed by atoms with Crippen LogP contribution in [0.2, 0.25) is 0 Å². The molecule has 0 aliphatic rings. The summed E-state index contributed by atoms with van der Waals surface area (Å²) in [5.41, 5.74) is 2.54. The number of hydrogen-bond donors (Lipinski definition) is 0. The molecule has 0 saturated heterocycles. The fourth-order valence-corrected chi connectivity index (χ4v) is 2.57. The summed E-state index contributed by atoms with van der Waals surface area (Å²) in [4.78, 5) is 2.41. The minimum atomic E-state index is 0.613. The maximum absolute atomic E-state index is 5.24. The van der Waals surface area contributed by atoms with Gasteiger partial charge in [-0.05, 0) is 47.9 Å². The van der Waals surface area contributed by atoms with Gasteiger partial charge >= 0.3 is 0 Å². The molecule has 0 saturated carbocycles. The monoisotopic (exact) mass is 347 g/mol. The Bertz CT molecular complexity index is 548. The van der Waals surface area contributed by atoms with Crippen molar-refractivity contribution in [3.63, 3.8) is 0 Å². The smallest absolute Gasteiger partial charge is 0.119 e. The average molecular weight is 348 g/mol. The third-order valence-corrected chi connectivity index (χ3v) is 3.84. The van der Waals surface area contributed by atoms with Crippen LogP contribution in [0.3, 0.4) is 0 Å². The van der Waals surface area contributed by atoms with Crippen LogP contribution < -0.4 is 9.64 Å². The number of hydrogen-bond acceptors (Lipinski definition) is 2. The minimum absolute atomic E-state index is 0.613. The predicted molar refractivity (Wildman–Crippen MR) is 93.0 cm³/mol. The lowest BCUT2D eigenvalue weighted by Crippen LogP contribution is -2.27. The van der Waals surface area contributed by atoms with Gasteiger partial charge in [-0.2, -0.15) is 0 Å². The molecule has 2 nitrogen and oxygen atoms in total. The lowest BCUT2D eigenvalue weighted by atomic mass is 10.1. The lowest BCUT2D eigenvalue weighted by molar-refractivity contribution is 0.415. The van der Waals surface area contributed by atoms with Gasteiger partial charge in [-0.3, -0.25) is 0 Å². The van der Waals surface area contributed by atoms with Crippen LogP contribution in [0.25, 0.3) is 0 Å². The molecule has 0 atom stereocenters. The van der Waals surface area contributed by atoms with Crippen molar-refractivity contribution in [3.05, 3.63) is 58.6 Å².